The van der Waals surface area contributed by atoms with E-state index in [4.69, 9.17) is 4.74 Å². The summed E-state index contributed by atoms with van der Waals surface area (Å²) in [6, 6.07) is 8.39. The number of aliphatic carboxylic acids is 1. The highest BCUT2D eigenvalue weighted by molar-refractivity contribution is 5.97. The Morgan fingerprint density at radius 1 is 1.24 bits per heavy atom. The predicted octanol–water partition coefficient (Wildman–Crippen LogP) is 2.64. The lowest BCUT2D eigenvalue weighted by molar-refractivity contribution is -0.139. The fourth-order valence-corrected chi connectivity index (χ4v) is 2.32. The number of carboxylic acid groups (broad SMARTS) is 1. The Kier molecular flexibility index (Phi) is 6.56. The van der Waals surface area contributed by atoms with Gasteiger partial charge in [0.15, 0.2) is 11.4 Å². The first-order chi connectivity index (χ1) is 12.1. The van der Waals surface area contributed by atoms with Crippen LogP contribution in [0, 0.1) is 0 Å². The molecule has 1 unspecified atom stereocenters. The van der Waals surface area contributed by atoms with E-state index in [-0.39, 0.29) is 5.69 Å². The van der Waals surface area contributed by atoms with Gasteiger partial charge in [0, 0.05) is 0 Å². The molecule has 7 nitrogen and oxygen atoms in total. The van der Waals surface area contributed by atoms with E-state index in [1.165, 1.54) is 0 Å². The highest BCUT2D eigenvalue weighted by atomic mass is 16.5. The number of aromatic nitrogens is 2. The maximum atomic E-state index is 12.5. The van der Waals surface area contributed by atoms with Crippen molar-refractivity contribution in [2.45, 2.75) is 39.2 Å². The Bertz CT molecular complexity index is 712. The Morgan fingerprint density at radius 3 is 2.56 bits per heavy atom. The molecule has 2 aromatic rings. The smallest absolute Gasteiger partial charge is 0.326 e. The summed E-state index contributed by atoms with van der Waals surface area (Å²) in [6.07, 6.45) is 3.42. The summed E-state index contributed by atoms with van der Waals surface area (Å²) in [5.41, 5.74) is 0.867. The zero-order chi connectivity index (χ0) is 18.2. The third-order valence-electron chi connectivity index (χ3n) is 3.56. The second kappa shape index (κ2) is 8.86. The zero-order valence-electron chi connectivity index (χ0n) is 14.4. The van der Waals surface area contributed by atoms with Gasteiger partial charge in [-0.05, 0) is 25.0 Å². The molecule has 7 heteroatoms. The molecule has 0 aliphatic rings. The van der Waals surface area contributed by atoms with Crippen molar-refractivity contribution in [2.75, 3.05) is 6.61 Å². The lowest BCUT2D eigenvalue weighted by Gasteiger charge is -2.13. The average molecular weight is 345 g/mol. The van der Waals surface area contributed by atoms with Crippen LogP contribution < -0.4 is 10.1 Å². The van der Waals surface area contributed by atoms with E-state index in [0.717, 1.165) is 12.1 Å². The molecule has 0 fully saturated rings. The monoisotopic (exact) mass is 345 g/mol. The maximum absolute atomic E-state index is 12.5. The van der Waals surface area contributed by atoms with Crippen molar-refractivity contribution >= 4 is 11.9 Å². The molecule has 2 rings (SSSR count). The van der Waals surface area contributed by atoms with E-state index in [1.54, 1.807) is 10.9 Å². The van der Waals surface area contributed by atoms with E-state index < -0.39 is 17.9 Å². The summed E-state index contributed by atoms with van der Waals surface area (Å²) in [5.74, 6) is -1.28. The highest BCUT2D eigenvalue weighted by Gasteiger charge is 2.24. The quantitative estimate of drug-likeness (QED) is 0.729. The number of nitrogens with one attached hydrogen (secondary N) is 1. The van der Waals surface area contributed by atoms with Crippen LogP contribution in [-0.4, -0.2) is 39.4 Å². The van der Waals surface area contributed by atoms with Gasteiger partial charge in [0.25, 0.3) is 5.91 Å². The number of rotatable bonds is 9. The van der Waals surface area contributed by atoms with Crippen LogP contribution >= 0.6 is 0 Å². The molecule has 0 bridgehead atoms. The van der Waals surface area contributed by atoms with Crippen molar-refractivity contribution in [3.8, 4) is 11.4 Å². The van der Waals surface area contributed by atoms with E-state index >= 15 is 0 Å². The lowest BCUT2D eigenvalue weighted by Crippen LogP contribution is -2.41. The van der Waals surface area contributed by atoms with E-state index in [0.29, 0.717) is 25.2 Å². The summed E-state index contributed by atoms with van der Waals surface area (Å²) in [5, 5.41) is 16.0. The molecule has 1 aromatic carbocycles. The van der Waals surface area contributed by atoms with Crippen LogP contribution in [0.2, 0.25) is 0 Å². The second-order valence-corrected chi connectivity index (χ2v) is 5.62. The van der Waals surface area contributed by atoms with Gasteiger partial charge >= 0.3 is 5.97 Å². The highest BCUT2D eigenvalue weighted by Crippen LogP contribution is 2.20. The van der Waals surface area contributed by atoms with E-state index in [2.05, 4.69) is 10.4 Å². The van der Waals surface area contributed by atoms with Gasteiger partial charge in [-0.15, -0.1) is 0 Å². The third kappa shape index (κ3) is 4.82. The number of para-hydroxylation sites is 1. The number of benzene rings is 1. The summed E-state index contributed by atoms with van der Waals surface area (Å²) in [7, 11) is 0. The number of hydrogen-bond acceptors (Lipinski definition) is 4. The van der Waals surface area contributed by atoms with Crippen molar-refractivity contribution in [3.63, 3.8) is 0 Å². The lowest BCUT2D eigenvalue weighted by atomic mass is 10.1. The topological polar surface area (TPSA) is 93.5 Å². The number of carbonyl (C=O) groups excluding carboxylic acids is 1. The van der Waals surface area contributed by atoms with Crippen molar-refractivity contribution in [2.24, 2.45) is 0 Å². The summed E-state index contributed by atoms with van der Waals surface area (Å²) in [4.78, 5) is 23.8. The number of hydrogen-bond donors (Lipinski definition) is 2. The molecule has 2 N–H and O–H groups in total. The van der Waals surface area contributed by atoms with Crippen LogP contribution in [0.4, 0.5) is 0 Å². The first-order valence-electron chi connectivity index (χ1n) is 8.38. The molecular weight excluding hydrogens is 322 g/mol. The largest absolute Gasteiger partial charge is 0.489 e. The van der Waals surface area contributed by atoms with Crippen LogP contribution in [-0.2, 0) is 4.79 Å². The number of carbonyl (C=O) groups is 2. The van der Waals surface area contributed by atoms with Crippen molar-refractivity contribution in [1.29, 1.82) is 0 Å². The van der Waals surface area contributed by atoms with Crippen LogP contribution in [0.15, 0.2) is 36.5 Å². The Balaban J connectivity index is 2.29. The van der Waals surface area contributed by atoms with Gasteiger partial charge in [0.1, 0.15) is 6.04 Å². The Labute approximate surface area is 146 Å². The van der Waals surface area contributed by atoms with Crippen LogP contribution in [0.25, 0.3) is 5.69 Å². The molecule has 0 saturated carbocycles. The fraction of sp³-hybridized carbons (Fsp3) is 0.389. The van der Waals surface area contributed by atoms with Crippen LogP contribution in [0.3, 0.4) is 0 Å². The Morgan fingerprint density at radius 2 is 1.96 bits per heavy atom. The van der Waals surface area contributed by atoms with Crippen LogP contribution in [0.5, 0.6) is 5.75 Å². The minimum atomic E-state index is -1.06. The molecule has 0 aliphatic carbocycles. The first kappa shape index (κ1) is 18.5. The van der Waals surface area contributed by atoms with Gasteiger partial charge in [-0.25, -0.2) is 9.48 Å². The number of carboxylic acids is 1. The van der Waals surface area contributed by atoms with Crippen molar-refractivity contribution in [3.05, 3.63) is 42.2 Å². The van der Waals surface area contributed by atoms with Crippen molar-refractivity contribution < 1.29 is 19.4 Å². The summed E-state index contributed by atoms with van der Waals surface area (Å²) in [6.45, 7) is 4.27. The average Bonchev–Trinajstić information content (AvgIpc) is 3.04. The summed E-state index contributed by atoms with van der Waals surface area (Å²) >= 11 is 0. The second-order valence-electron chi connectivity index (χ2n) is 5.62. The van der Waals surface area contributed by atoms with Gasteiger partial charge in [0.2, 0.25) is 0 Å². The van der Waals surface area contributed by atoms with E-state index in [9.17, 15) is 14.7 Å². The molecule has 1 amide bonds. The molecule has 1 heterocycles. The molecule has 1 atom stereocenters. The van der Waals surface area contributed by atoms with Gasteiger partial charge in [0.05, 0.1) is 18.5 Å². The van der Waals surface area contributed by atoms with Gasteiger partial charge < -0.3 is 15.2 Å². The van der Waals surface area contributed by atoms with Crippen LogP contribution in [0.1, 0.15) is 43.6 Å². The minimum Gasteiger partial charge on any atom is -0.489 e. The Hall–Kier alpha value is -2.83. The molecule has 25 heavy (non-hydrogen) atoms. The SMILES string of the molecule is CCCOc1cn(-c2ccccc2)nc1C(=O)NC(CCC)C(=O)O. The summed E-state index contributed by atoms with van der Waals surface area (Å²) < 4.78 is 7.17. The molecule has 0 aliphatic heterocycles. The molecule has 0 radical (unpaired) electrons. The maximum Gasteiger partial charge on any atom is 0.326 e. The van der Waals surface area contributed by atoms with Gasteiger partial charge in [-0.2, -0.15) is 5.10 Å². The number of ether oxygens (including phenoxy) is 1. The normalized spacial score (nSPS) is 11.8. The number of nitrogens with zero attached hydrogens (tertiary/aromatic N) is 2. The van der Waals surface area contributed by atoms with Crippen molar-refractivity contribution in [1.82, 2.24) is 15.1 Å². The minimum absolute atomic E-state index is 0.0830. The molecule has 0 spiro atoms. The fourth-order valence-electron chi connectivity index (χ4n) is 2.32. The van der Waals surface area contributed by atoms with Gasteiger partial charge in [-0.3, -0.25) is 4.79 Å². The number of amides is 1. The van der Waals surface area contributed by atoms with Gasteiger partial charge in [-0.1, -0.05) is 38.5 Å². The molecule has 0 saturated heterocycles. The predicted molar refractivity (Wildman–Crippen MR) is 93.1 cm³/mol. The zero-order valence-corrected chi connectivity index (χ0v) is 14.4. The molecule has 134 valence electrons. The van der Waals surface area contributed by atoms with E-state index in [1.807, 2.05) is 44.2 Å². The third-order valence-corrected chi connectivity index (χ3v) is 3.56. The standard InChI is InChI=1S/C18H23N3O4/c1-3-8-14(18(23)24)19-17(22)16-15(25-11-4-2)12-21(20-16)13-9-6-5-7-10-13/h5-7,9-10,12,14H,3-4,8,11H2,1-2H3,(H,19,22)(H,23,24). The first-order valence-corrected chi connectivity index (χ1v) is 8.38. The molecule has 1 aromatic heterocycles. The molecular formula is C18H23N3O4.